The van der Waals surface area contributed by atoms with E-state index in [-0.39, 0.29) is 12.6 Å². The first-order valence-corrected chi connectivity index (χ1v) is 9.08. The van der Waals surface area contributed by atoms with Crippen molar-refractivity contribution >= 4 is 17.8 Å². The smallest absolute Gasteiger partial charge is 0.325 e. The van der Waals surface area contributed by atoms with Crippen LogP contribution in [0, 0.1) is 0 Å². The number of nitrogens with one attached hydrogen (secondary N) is 2. The molecule has 0 saturated carbocycles. The normalized spacial score (nSPS) is 21.7. The SMILES string of the molecule is C[C@H](NC(=O)CN1C(=O)N[C@]2(CCOc3ccccc32)C1=O)c1ccccn1. The number of para-hydroxylation sites is 1. The second-order valence-electron chi connectivity index (χ2n) is 6.87. The molecule has 0 aliphatic carbocycles. The fourth-order valence-corrected chi connectivity index (χ4v) is 3.65. The predicted octanol–water partition coefficient (Wildman–Crippen LogP) is 1.49. The highest BCUT2D eigenvalue weighted by molar-refractivity contribution is 6.09. The van der Waals surface area contributed by atoms with Crippen LogP contribution in [0.5, 0.6) is 5.75 Å². The van der Waals surface area contributed by atoms with Crippen molar-refractivity contribution in [2.45, 2.75) is 24.9 Å². The van der Waals surface area contributed by atoms with E-state index in [9.17, 15) is 14.4 Å². The van der Waals surface area contributed by atoms with Crippen molar-refractivity contribution in [1.82, 2.24) is 20.5 Å². The molecule has 28 heavy (non-hydrogen) atoms. The average molecular weight is 380 g/mol. The van der Waals surface area contributed by atoms with Crippen LogP contribution in [0.4, 0.5) is 4.79 Å². The Morgan fingerprint density at radius 3 is 2.86 bits per heavy atom. The number of carbonyl (C=O) groups excluding carboxylic acids is 3. The lowest BCUT2D eigenvalue weighted by Gasteiger charge is -2.33. The van der Waals surface area contributed by atoms with E-state index < -0.39 is 23.4 Å². The van der Waals surface area contributed by atoms with Crippen molar-refractivity contribution in [1.29, 1.82) is 0 Å². The summed E-state index contributed by atoms with van der Waals surface area (Å²) in [5, 5.41) is 5.56. The van der Waals surface area contributed by atoms with Crippen molar-refractivity contribution in [3.8, 4) is 5.75 Å². The van der Waals surface area contributed by atoms with Crippen molar-refractivity contribution in [2.75, 3.05) is 13.2 Å². The Labute approximate surface area is 161 Å². The average Bonchev–Trinajstić information content (AvgIpc) is 2.94. The van der Waals surface area contributed by atoms with E-state index in [0.29, 0.717) is 30.0 Å². The summed E-state index contributed by atoms with van der Waals surface area (Å²) in [5.41, 5.74) is 0.131. The molecule has 144 valence electrons. The maximum atomic E-state index is 13.1. The molecule has 2 aliphatic rings. The van der Waals surface area contributed by atoms with Gasteiger partial charge >= 0.3 is 6.03 Å². The number of nitrogens with zero attached hydrogens (tertiary/aromatic N) is 2. The largest absolute Gasteiger partial charge is 0.493 e. The minimum absolute atomic E-state index is 0.305. The lowest BCUT2D eigenvalue weighted by Crippen LogP contribution is -2.48. The van der Waals surface area contributed by atoms with Crippen LogP contribution in [0.25, 0.3) is 0 Å². The molecule has 1 spiro atoms. The fraction of sp³-hybridized carbons (Fsp3) is 0.300. The summed E-state index contributed by atoms with van der Waals surface area (Å²) in [4.78, 5) is 43.3. The lowest BCUT2D eigenvalue weighted by molar-refractivity contribution is -0.136. The summed E-state index contributed by atoms with van der Waals surface area (Å²) in [6, 6.07) is 11.6. The van der Waals surface area contributed by atoms with Gasteiger partial charge in [0, 0.05) is 18.2 Å². The van der Waals surface area contributed by atoms with E-state index in [1.807, 2.05) is 12.1 Å². The predicted molar refractivity (Wildman–Crippen MR) is 99.3 cm³/mol. The molecule has 1 fully saturated rings. The molecule has 1 aromatic carbocycles. The zero-order chi connectivity index (χ0) is 19.7. The molecule has 2 atom stereocenters. The number of rotatable bonds is 4. The van der Waals surface area contributed by atoms with Gasteiger partial charge in [0.05, 0.1) is 18.3 Å². The fourth-order valence-electron chi connectivity index (χ4n) is 3.65. The number of urea groups is 1. The first-order chi connectivity index (χ1) is 13.5. The molecular weight excluding hydrogens is 360 g/mol. The Morgan fingerprint density at radius 2 is 2.07 bits per heavy atom. The van der Waals surface area contributed by atoms with Crippen molar-refractivity contribution in [3.63, 3.8) is 0 Å². The van der Waals surface area contributed by atoms with Crippen LogP contribution in [0.3, 0.4) is 0 Å². The zero-order valence-electron chi connectivity index (χ0n) is 15.3. The van der Waals surface area contributed by atoms with E-state index >= 15 is 0 Å². The second kappa shape index (κ2) is 6.95. The third-order valence-corrected chi connectivity index (χ3v) is 5.07. The quantitative estimate of drug-likeness (QED) is 0.783. The summed E-state index contributed by atoms with van der Waals surface area (Å²) in [5.74, 6) is -0.301. The lowest BCUT2D eigenvalue weighted by atomic mass is 9.84. The van der Waals surface area contributed by atoms with E-state index in [1.54, 1.807) is 43.5 Å². The molecule has 2 aliphatic heterocycles. The number of aromatic nitrogens is 1. The first kappa shape index (κ1) is 18.0. The van der Waals surface area contributed by atoms with Gasteiger partial charge in [-0.05, 0) is 25.1 Å². The molecule has 0 bridgehead atoms. The molecule has 4 rings (SSSR count). The van der Waals surface area contributed by atoms with Gasteiger partial charge in [-0.1, -0.05) is 24.3 Å². The molecule has 4 amide bonds. The van der Waals surface area contributed by atoms with E-state index in [2.05, 4.69) is 15.6 Å². The molecule has 3 heterocycles. The molecule has 1 saturated heterocycles. The van der Waals surface area contributed by atoms with Crippen molar-refractivity contribution in [3.05, 3.63) is 59.9 Å². The Hall–Kier alpha value is -3.42. The van der Waals surface area contributed by atoms with E-state index in [1.165, 1.54) is 0 Å². The number of hydrogen-bond acceptors (Lipinski definition) is 5. The van der Waals surface area contributed by atoms with Crippen molar-refractivity contribution < 1.29 is 19.1 Å². The van der Waals surface area contributed by atoms with Gasteiger partial charge in [0.2, 0.25) is 5.91 Å². The second-order valence-corrected chi connectivity index (χ2v) is 6.87. The maximum Gasteiger partial charge on any atom is 0.325 e. The molecule has 8 nitrogen and oxygen atoms in total. The van der Waals surface area contributed by atoms with E-state index in [0.717, 1.165) is 4.90 Å². The number of carbonyl (C=O) groups is 3. The highest BCUT2D eigenvalue weighted by Crippen LogP contribution is 2.40. The van der Waals surface area contributed by atoms with Gasteiger partial charge in [-0.15, -0.1) is 0 Å². The van der Waals surface area contributed by atoms with Crippen LogP contribution in [-0.2, 0) is 15.1 Å². The Balaban J connectivity index is 1.50. The van der Waals surface area contributed by atoms with Crippen LogP contribution in [0.2, 0.25) is 0 Å². The van der Waals surface area contributed by atoms with Gasteiger partial charge in [-0.2, -0.15) is 0 Å². The van der Waals surface area contributed by atoms with Crippen molar-refractivity contribution in [2.24, 2.45) is 0 Å². The number of hydrogen-bond donors (Lipinski definition) is 2. The molecule has 0 unspecified atom stereocenters. The summed E-state index contributed by atoms with van der Waals surface area (Å²) in [6.45, 7) is 1.74. The van der Waals surface area contributed by atoms with Gasteiger partial charge in [0.1, 0.15) is 12.3 Å². The minimum Gasteiger partial charge on any atom is -0.493 e. The van der Waals surface area contributed by atoms with Gasteiger partial charge in [-0.25, -0.2) is 4.79 Å². The third kappa shape index (κ3) is 2.96. The zero-order valence-corrected chi connectivity index (χ0v) is 15.3. The minimum atomic E-state index is -1.18. The molecule has 1 aromatic heterocycles. The van der Waals surface area contributed by atoms with Gasteiger partial charge in [0.25, 0.3) is 5.91 Å². The summed E-state index contributed by atoms with van der Waals surface area (Å²) in [7, 11) is 0. The Kier molecular flexibility index (Phi) is 4.46. The maximum absolute atomic E-state index is 13.1. The molecule has 2 aromatic rings. The monoisotopic (exact) mass is 380 g/mol. The van der Waals surface area contributed by atoms with Crippen LogP contribution in [-0.4, -0.2) is 40.9 Å². The number of pyridine rings is 1. The summed E-state index contributed by atoms with van der Waals surface area (Å²) >= 11 is 0. The summed E-state index contributed by atoms with van der Waals surface area (Å²) in [6.07, 6.45) is 1.96. The van der Waals surface area contributed by atoms with Crippen LogP contribution in [0.15, 0.2) is 48.7 Å². The van der Waals surface area contributed by atoms with Gasteiger partial charge in [-0.3, -0.25) is 19.5 Å². The number of imide groups is 1. The highest BCUT2D eigenvalue weighted by atomic mass is 16.5. The summed E-state index contributed by atoms with van der Waals surface area (Å²) < 4.78 is 5.60. The molecule has 0 radical (unpaired) electrons. The molecule has 2 N–H and O–H groups in total. The Morgan fingerprint density at radius 1 is 1.29 bits per heavy atom. The van der Waals surface area contributed by atoms with Crippen LogP contribution >= 0.6 is 0 Å². The molecule has 8 heteroatoms. The number of amides is 4. The third-order valence-electron chi connectivity index (χ3n) is 5.07. The topological polar surface area (TPSA) is 101 Å². The van der Waals surface area contributed by atoms with Crippen LogP contribution in [0.1, 0.15) is 30.6 Å². The number of fused-ring (bicyclic) bond motifs is 2. The number of benzene rings is 1. The first-order valence-electron chi connectivity index (χ1n) is 9.08. The highest BCUT2D eigenvalue weighted by Gasteiger charge is 2.55. The Bertz CT molecular complexity index is 933. The standard InChI is InChI=1S/C20H20N4O4/c1-13(15-7-4-5-10-21-15)22-17(25)12-24-18(26)20(23-19(24)27)9-11-28-16-8-3-2-6-14(16)20/h2-8,10,13H,9,11-12H2,1H3,(H,22,25)(H,23,27)/t13-,20-/m0/s1. The van der Waals surface area contributed by atoms with Crippen LogP contribution < -0.4 is 15.4 Å². The number of ether oxygens (including phenoxy) is 1. The molecular formula is C20H20N4O4. The van der Waals surface area contributed by atoms with Gasteiger partial charge < -0.3 is 15.4 Å². The van der Waals surface area contributed by atoms with Gasteiger partial charge in [0.15, 0.2) is 5.54 Å². The van der Waals surface area contributed by atoms with E-state index in [4.69, 9.17) is 4.74 Å².